The zero-order chi connectivity index (χ0) is 13.8. The third-order valence-corrected chi connectivity index (χ3v) is 3.47. The first kappa shape index (κ1) is 13.6. The molecule has 0 bridgehead atoms. The van der Waals surface area contributed by atoms with Crippen molar-refractivity contribution in [3.63, 3.8) is 0 Å². The Hall–Kier alpha value is -1.84. The van der Waals surface area contributed by atoms with Crippen LogP contribution in [0.5, 0.6) is 0 Å². The Morgan fingerprint density at radius 2 is 2.11 bits per heavy atom. The van der Waals surface area contributed by atoms with Gasteiger partial charge >= 0.3 is 0 Å². The van der Waals surface area contributed by atoms with Crippen LogP contribution in [0.2, 0.25) is 0 Å². The molecule has 1 N–H and O–H groups in total. The van der Waals surface area contributed by atoms with Crippen molar-refractivity contribution in [3.8, 4) is 0 Å². The Bertz CT molecular complexity index is 485. The molecule has 1 aliphatic heterocycles. The van der Waals surface area contributed by atoms with Gasteiger partial charge in [-0.05, 0) is 38.3 Å². The number of hydrogen-bond donors (Lipinski definition) is 1. The number of fused-ring (bicyclic) bond motifs is 1. The minimum Gasteiger partial charge on any atom is -0.355 e. The van der Waals surface area contributed by atoms with E-state index in [9.17, 15) is 9.59 Å². The summed E-state index contributed by atoms with van der Waals surface area (Å²) in [6.45, 7) is 4.24. The standard InChI is InChI=1S/C15H20N2O2/c1-3-16-15(19)11(2)17-13-9-5-4-7-12(13)8-6-10-14(17)18/h4-5,7,9,11H,3,6,8,10H2,1-2H3,(H,16,19)/t11-/m1/s1. The molecule has 0 unspecified atom stereocenters. The second-order valence-corrected chi connectivity index (χ2v) is 4.82. The summed E-state index contributed by atoms with van der Waals surface area (Å²) in [5.41, 5.74) is 2.02. The maximum absolute atomic E-state index is 12.3. The lowest BCUT2D eigenvalue weighted by Crippen LogP contribution is -2.48. The maximum atomic E-state index is 12.3. The fourth-order valence-corrected chi connectivity index (χ4v) is 2.51. The predicted octanol–water partition coefficient (Wildman–Crippen LogP) is 1.88. The number of carbonyl (C=O) groups excluding carboxylic acids is 2. The van der Waals surface area contributed by atoms with Crippen molar-refractivity contribution in [2.75, 3.05) is 11.4 Å². The topological polar surface area (TPSA) is 49.4 Å². The van der Waals surface area contributed by atoms with E-state index < -0.39 is 6.04 Å². The van der Waals surface area contributed by atoms with Crippen LogP contribution in [0.25, 0.3) is 0 Å². The Morgan fingerprint density at radius 3 is 2.84 bits per heavy atom. The van der Waals surface area contributed by atoms with Gasteiger partial charge in [0.2, 0.25) is 11.8 Å². The van der Waals surface area contributed by atoms with Crippen molar-refractivity contribution in [2.24, 2.45) is 0 Å². The molecule has 0 spiro atoms. The smallest absolute Gasteiger partial charge is 0.242 e. The molecule has 1 atom stereocenters. The normalized spacial score (nSPS) is 16.5. The first-order valence-corrected chi connectivity index (χ1v) is 6.82. The lowest BCUT2D eigenvalue weighted by molar-refractivity contribution is -0.126. The summed E-state index contributed by atoms with van der Waals surface area (Å²) in [6, 6.07) is 7.38. The van der Waals surface area contributed by atoms with E-state index in [2.05, 4.69) is 5.32 Å². The monoisotopic (exact) mass is 260 g/mol. The predicted molar refractivity (Wildman–Crippen MR) is 75.0 cm³/mol. The van der Waals surface area contributed by atoms with Crippen molar-refractivity contribution in [1.29, 1.82) is 0 Å². The second kappa shape index (κ2) is 5.87. The minimum absolute atomic E-state index is 0.0312. The molecule has 1 heterocycles. The van der Waals surface area contributed by atoms with Crippen molar-refractivity contribution in [2.45, 2.75) is 39.2 Å². The highest BCUT2D eigenvalue weighted by atomic mass is 16.2. The molecule has 0 saturated carbocycles. The number of rotatable bonds is 3. The number of para-hydroxylation sites is 1. The van der Waals surface area contributed by atoms with Crippen molar-refractivity contribution in [3.05, 3.63) is 29.8 Å². The number of amides is 2. The van der Waals surface area contributed by atoms with Gasteiger partial charge in [0.05, 0.1) is 0 Å². The molecule has 0 saturated heterocycles. The van der Waals surface area contributed by atoms with Gasteiger partial charge < -0.3 is 5.32 Å². The lowest BCUT2D eigenvalue weighted by Gasteiger charge is -2.28. The molecular formula is C15H20N2O2. The molecule has 102 valence electrons. The van der Waals surface area contributed by atoms with Gasteiger partial charge in [-0.3, -0.25) is 14.5 Å². The number of hydrogen-bond acceptors (Lipinski definition) is 2. The van der Waals surface area contributed by atoms with E-state index in [4.69, 9.17) is 0 Å². The van der Waals surface area contributed by atoms with E-state index in [-0.39, 0.29) is 11.8 Å². The van der Waals surface area contributed by atoms with E-state index >= 15 is 0 Å². The summed E-state index contributed by atoms with van der Waals surface area (Å²) in [4.78, 5) is 25.9. The van der Waals surface area contributed by atoms with E-state index in [1.165, 1.54) is 0 Å². The quantitative estimate of drug-likeness (QED) is 0.902. The van der Waals surface area contributed by atoms with Crippen LogP contribution in [0.1, 0.15) is 32.3 Å². The molecule has 2 amide bonds. The van der Waals surface area contributed by atoms with Crippen LogP contribution < -0.4 is 10.2 Å². The van der Waals surface area contributed by atoms with Gasteiger partial charge in [-0.2, -0.15) is 0 Å². The molecule has 0 aromatic heterocycles. The average Bonchev–Trinajstić information content (AvgIpc) is 2.56. The zero-order valence-electron chi connectivity index (χ0n) is 11.5. The number of nitrogens with zero attached hydrogens (tertiary/aromatic N) is 1. The average molecular weight is 260 g/mol. The SMILES string of the molecule is CCNC(=O)[C@@H](C)N1C(=O)CCCc2ccccc21. The van der Waals surface area contributed by atoms with Gasteiger partial charge in [-0.25, -0.2) is 0 Å². The summed E-state index contributed by atoms with van der Waals surface area (Å²) in [7, 11) is 0. The summed E-state index contributed by atoms with van der Waals surface area (Å²) >= 11 is 0. The highest BCUT2D eigenvalue weighted by Gasteiger charge is 2.29. The summed E-state index contributed by atoms with van der Waals surface area (Å²) < 4.78 is 0. The second-order valence-electron chi connectivity index (χ2n) is 4.82. The Labute approximate surface area is 113 Å². The largest absolute Gasteiger partial charge is 0.355 e. The van der Waals surface area contributed by atoms with E-state index in [1.807, 2.05) is 31.2 Å². The highest BCUT2D eigenvalue weighted by molar-refractivity contribution is 6.01. The van der Waals surface area contributed by atoms with Gasteiger partial charge in [-0.1, -0.05) is 18.2 Å². The number of aryl methyl sites for hydroxylation is 1. The van der Waals surface area contributed by atoms with E-state index in [0.717, 1.165) is 24.1 Å². The van der Waals surface area contributed by atoms with Crippen LogP contribution in [-0.2, 0) is 16.0 Å². The van der Waals surface area contributed by atoms with Crippen LogP contribution in [0.3, 0.4) is 0 Å². The number of likely N-dealkylation sites (N-methyl/N-ethyl adjacent to an activating group) is 1. The molecule has 2 rings (SSSR count). The molecule has 4 heteroatoms. The highest BCUT2D eigenvalue weighted by Crippen LogP contribution is 2.28. The molecule has 0 aliphatic carbocycles. The van der Waals surface area contributed by atoms with Gasteiger partial charge in [0.1, 0.15) is 6.04 Å². The molecule has 1 aromatic rings. The van der Waals surface area contributed by atoms with Crippen LogP contribution >= 0.6 is 0 Å². The molecular weight excluding hydrogens is 240 g/mol. The van der Waals surface area contributed by atoms with E-state index in [0.29, 0.717) is 13.0 Å². The fourth-order valence-electron chi connectivity index (χ4n) is 2.51. The third kappa shape index (κ3) is 2.78. The molecule has 0 fully saturated rings. The zero-order valence-corrected chi connectivity index (χ0v) is 11.5. The first-order valence-electron chi connectivity index (χ1n) is 6.82. The molecule has 19 heavy (non-hydrogen) atoms. The molecule has 1 aromatic carbocycles. The lowest BCUT2D eigenvalue weighted by atomic mass is 10.1. The van der Waals surface area contributed by atoms with Gasteiger partial charge in [0, 0.05) is 18.7 Å². The van der Waals surface area contributed by atoms with Gasteiger partial charge in [-0.15, -0.1) is 0 Å². The first-order chi connectivity index (χ1) is 9.15. The molecule has 0 radical (unpaired) electrons. The number of carbonyl (C=O) groups is 2. The van der Waals surface area contributed by atoms with Gasteiger partial charge in [0.25, 0.3) is 0 Å². The Balaban J connectivity index is 2.36. The number of benzene rings is 1. The number of nitrogens with one attached hydrogen (secondary N) is 1. The summed E-state index contributed by atoms with van der Waals surface area (Å²) in [6.07, 6.45) is 2.23. The van der Waals surface area contributed by atoms with E-state index in [1.54, 1.807) is 11.8 Å². The molecule has 1 aliphatic rings. The summed E-state index contributed by atoms with van der Waals surface area (Å²) in [5.74, 6) is -0.0729. The van der Waals surface area contributed by atoms with Gasteiger partial charge in [0.15, 0.2) is 0 Å². The number of anilines is 1. The molecule has 4 nitrogen and oxygen atoms in total. The van der Waals surface area contributed by atoms with Crippen LogP contribution in [0.4, 0.5) is 5.69 Å². The maximum Gasteiger partial charge on any atom is 0.242 e. The van der Waals surface area contributed by atoms with Crippen LogP contribution in [0, 0.1) is 0 Å². The summed E-state index contributed by atoms with van der Waals surface area (Å²) in [5, 5.41) is 2.78. The van der Waals surface area contributed by atoms with Crippen molar-refractivity contribution in [1.82, 2.24) is 5.32 Å². The Morgan fingerprint density at radius 1 is 1.37 bits per heavy atom. The van der Waals surface area contributed by atoms with Crippen molar-refractivity contribution < 1.29 is 9.59 Å². The van der Waals surface area contributed by atoms with Crippen LogP contribution in [0.15, 0.2) is 24.3 Å². The van der Waals surface area contributed by atoms with Crippen LogP contribution in [-0.4, -0.2) is 24.4 Å². The minimum atomic E-state index is -0.466. The van der Waals surface area contributed by atoms with Crippen molar-refractivity contribution >= 4 is 17.5 Å². The fraction of sp³-hybridized carbons (Fsp3) is 0.467. The third-order valence-electron chi connectivity index (χ3n) is 3.47. The Kier molecular flexibility index (Phi) is 4.20.